The lowest BCUT2D eigenvalue weighted by Crippen LogP contribution is -2.30. The number of anilines is 1. The van der Waals surface area contributed by atoms with E-state index >= 15 is 0 Å². The molecular formula is C19H22BN5O2. The van der Waals surface area contributed by atoms with Gasteiger partial charge in [-0.15, -0.1) is 5.10 Å². The molecule has 8 heteroatoms. The van der Waals surface area contributed by atoms with E-state index in [0.29, 0.717) is 17.2 Å². The van der Waals surface area contributed by atoms with E-state index in [-0.39, 0.29) is 11.6 Å². The Balaban J connectivity index is 1.86. The van der Waals surface area contributed by atoms with Crippen molar-refractivity contribution < 1.29 is 9.82 Å². The van der Waals surface area contributed by atoms with Gasteiger partial charge in [0.05, 0.1) is 5.69 Å². The molecule has 1 aromatic carbocycles. The molecule has 0 atom stereocenters. The number of carbonyl (C=O) groups excluding carboxylic acids is 1. The van der Waals surface area contributed by atoms with Crippen molar-refractivity contribution >= 4 is 24.0 Å². The highest BCUT2D eigenvalue weighted by atomic mass is 16.2. The maximum absolute atomic E-state index is 12.7. The van der Waals surface area contributed by atoms with E-state index in [9.17, 15) is 9.82 Å². The van der Waals surface area contributed by atoms with Gasteiger partial charge in [0.1, 0.15) is 0 Å². The van der Waals surface area contributed by atoms with E-state index in [4.69, 9.17) is 0 Å². The minimum absolute atomic E-state index is 0.233. The van der Waals surface area contributed by atoms with Crippen LogP contribution in [-0.2, 0) is 6.42 Å². The van der Waals surface area contributed by atoms with Gasteiger partial charge in [0.2, 0.25) is 0 Å². The van der Waals surface area contributed by atoms with Crippen LogP contribution in [0.1, 0.15) is 34.4 Å². The highest BCUT2D eigenvalue weighted by Gasteiger charge is 2.19. The largest absolute Gasteiger partial charge is 0.446 e. The third kappa shape index (κ3) is 3.90. The number of rotatable bonds is 5. The first kappa shape index (κ1) is 18.8. The Kier molecular flexibility index (Phi) is 5.37. The van der Waals surface area contributed by atoms with Crippen molar-refractivity contribution in [2.45, 2.75) is 34.0 Å². The Hall–Kier alpha value is -3.00. The molecule has 7 nitrogen and oxygen atoms in total. The lowest BCUT2D eigenvalue weighted by atomic mass is 9.62. The summed E-state index contributed by atoms with van der Waals surface area (Å²) in [7, 11) is 0. The van der Waals surface area contributed by atoms with Crippen molar-refractivity contribution in [3.8, 4) is 5.82 Å². The minimum atomic E-state index is -0.605. The van der Waals surface area contributed by atoms with Crippen molar-refractivity contribution in [1.82, 2.24) is 20.0 Å². The second kappa shape index (κ2) is 7.71. The molecule has 138 valence electrons. The molecule has 27 heavy (non-hydrogen) atoms. The Morgan fingerprint density at radius 3 is 2.70 bits per heavy atom. The van der Waals surface area contributed by atoms with E-state index in [2.05, 4.69) is 20.6 Å². The van der Waals surface area contributed by atoms with Gasteiger partial charge in [0.25, 0.3) is 5.91 Å². The third-order valence-corrected chi connectivity index (χ3v) is 4.44. The van der Waals surface area contributed by atoms with Gasteiger partial charge in [-0.1, -0.05) is 36.7 Å². The summed E-state index contributed by atoms with van der Waals surface area (Å²) in [5, 5.41) is 20.9. The lowest BCUT2D eigenvalue weighted by Gasteiger charge is -2.11. The van der Waals surface area contributed by atoms with Crippen LogP contribution in [0.4, 0.5) is 5.69 Å². The van der Waals surface area contributed by atoms with Gasteiger partial charge in [-0.25, -0.2) is 4.98 Å². The number of nitrogens with one attached hydrogen (secondary N) is 1. The van der Waals surface area contributed by atoms with Crippen molar-refractivity contribution in [3.63, 3.8) is 0 Å². The number of aromatic nitrogens is 4. The van der Waals surface area contributed by atoms with Gasteiger partial charge in [-0.3, -0.25) is 4.79 Å². The molecule has 3 aromatic rings. The first-order chi connectivity index (χ1) is 12.9. The van der Waals surface area contributed by atoms with Crippen molar-refractivity contribution in [2.75, 3.05) is 5.32 Å². The van der Waals surface area contributed by atoms with E-state index in [1.54, 1.807) is 24.5 Å². The molecule has 0 aliphatic carbocycles. The molecule has 0 saturated heterocycles. The smallest absolute Gasteiger partial charge is 0.320 e. The lowest BCUT2D eigenvalue weighted by molar-refractivity contribution is 0.102. The maximum Gasteiger partial charge on any atom is 0.320 e. The van der Waals surface area contributed by atoms with Gasteiger partial charge in [-0.05, 0) is 50.0 Å². The quantitative estimate of drug-likeness (QED) is 0.676. The zero-order chi connectivity index (χ0) is 19.6. The summed E-state index contributed by atoms with van der Waals surface area (Å²) in [6.07, 6.45) is 0.811. The Morgan fingerprint density at radius 1 is 1.26 bits per heavy atom. The zero-order valence-electron chi connectivity index (χ0n) is 15.9. The summed E-state index contributed by atoms with van der Waals surface area (Å²) < 4.78 is 1.54. The number of carbonyl (C=O) groups is 1. The first-order valence-corrected chi connectivity index (χ1v) is 8.89. The van der Waals surface area contributed by atoms with Crippen LogP contribution in [0.15, 0.2) is 36.4 Å². The van der Waals surface area contributed by atoms with Crippen molar-refractivity contribution in [1.29, 1.82) is 0 Å². The molecule has 0 bridgehead atoms. The number of nitrogens with zero attached hydrogens (tertiary/aromatic N) is 4. The topological polar surface area (TPSA) is 92.9 Å². The summed E-state index contributed by atoms with van der Waals surface area (Å²) >= 11 is 0. The summed E-state index contributed by atoms with van der Waals surface area (Å²) in [4.78, 5) is 17.1. The third-order valence-electron chi connectivity index (χ3n) is 4.44. The number of hydrogen-bond donors (Lipinski definition) is 2. The molecule has 2 heterocycles. The summed E-state index contributed by atoms with van der Waals surface area (Å²) in [5.41, 5.74) is 4.16. The van der Waals surface area contributed by atoms with Crippen LogP contribution in [0.5, 0.6) is 0 Å². The fourth-order valence-electron chi connectivity index (χ4n) is 2.98. The SMILES string of the molecule is CCc1ccc(NC(=O)c2nnn(-c3cccc(C)n3)c2C)cc1B(C)O. The van der Waals surface area contributed by atoms with Gasteiger partial charge in [-0.2, -0.15) is 4.68 Å². The molecule has 0 aliphatic rings. The monoisotopic (exact) mass is 363 g/mol. The Morgan fingerprint density at radius 2 is 2.04 bits per heavy atom. The number of hydrogen-bond acceptors (Lipinski definition) is 5. The average molecular weight is 363 g/mol. The number of benzene rings is 1. The zero-order valence-corrected chi connectivity index (χ0v) is 15.9. The van der Waals surface area contributed by atoms with Gasteiger partial charge < -0.3 is 10.3 Å². The van der Waals surface area contributed by atoms with Crippen molar-refractivity contribution in [3.05, 3.63) is 59.0 Å². The van der Waals surface area contributed by atoms with Crippen LogP contribution >= 0.6 is 0 Å². The second-order valence-corrected chi connectivity index (χ2v) is 6.47. The molecule has 1 amide bonds. The highest BCUT2D eigenvalue weighted by Crippen LogP contribution is 2.14. The standard InChI is InChI=1S/C19H22BN5O2/c1-5-14-9-10-15(11-16(14)20(4)27)22-19(26)18-13(3)25(24-23-18)17-8-6-7-12(2)21-17/h6-11,27H,5H2,1-4H3,(H,22,26). The molecule has 2 N–H and O–H groups in total. The fraction of sp³-hybridized carbons (Fsp3) is 0.263. The molecule has 0 saturated carbocycles. The first-order valence-electron chi connectivity index (χ1n) is 8.89. The molecule has 0 unspecified atom stereocenters. The molecule has 0 fully saturated rings. The van der Waals surface area contributed by atoms with Crippen LogP contribution in [0.25, 0.3) is 5.82 Å². The summed E-state index contributed by atoms with van der Waals surface area (Å²) in [5.74, 6) is 0.259. The van der Waals surface area contributed by atoms with E-state index in [1.807, 2.05) is 44.2 Å². The van der Waals surface area contributed by atoms with Gasteiger partial charge in [0, 0.05) is 11.4 Å². The molecule has 2 aromatic heterocycles. The summed E-state index contributed by atoms with van der Waals surface area (Å²) in [6.45, 7) is 6.81. The van der Waals surface area contributed by atoms with Gasteiger partial charge in [0.15, 0.2) is 11.5 Å². The second-order valence-electron chi connectivity index (χ2n) is 6.47. The Bertz CT molecular complexity index is 984. The van der Waals surface area contributed by atoms with Crippen LogP contribution in [0, 0.1) is 13.8 Å². The van der Waals surface area contributed by atoms with Gasteiger partial charge >= 0.3 is 6.92 Å². The van der Waals surface area contributed by atoms with E-state index < -0.39 is 6.92 Å². The maximum atomic E-state index is 12.7. The number of amides is 1. The van der Waals surface area contributed by atoms with E-state index in [1.165, 1.54) is 0 Å². The van der Waals surface area contributed by atoms with Crippen LogP contribution < -0.4 is 10.8 Å². The highest BCUT2D eigenvalue weighted by molar-refractivity contribution is 6.65. The normalized spacial score (nSPS) is 10.7. The minimum Gasteiger partial charge on any atom is -0.446 e. The predicted octanol–water partition coefficient (Wildman–Crippen LogP) is 1.91. The summed E-state index contributed by atoms with van der Waals surface area (Å²) in [6, 6.07) is 11.1. The van der Waals surface area contributed by atoms with Crippen LogP contribution in [-0.4, -0.2) is 37.8 Å². The van der Waals surface area contributed by atoms with Crippen LogP contribution in [0.2, 0.25) is 6.82 Å². The van der Waals surface area contributed by atoms with E-state index in [0.717, 1.165) is 23.1 Å². The number of aryl methyl sites for hydroxylation is 2. The molecule has 0 aliphatic heterocycles. The molecule has 3 rings (SSSR count). The average Bonchev–Trinajstić information content (AvgIpc) is 3.03. The van der Waals surface area contributed by atoms with Crippen LogP contribution in [0.3, 0.4) is 0 Å². The molecule has 0 spiro atoms. The van der Waals surface area contributed by atoms with Crippen molar-refractivity contribution in [2.24, 2.45) is 0 Å². The predicted molar refractivity (Wildman–Crippen MR) is 106 cm³/mol. The molecule has 0 radical (unpaired) electrons. The Labute approximate surface area is 158 Å². The number of pyridine rings is 1. The molecular weight excluding hydrogens is 341 g/mol. The fourth-order valence-corrected chi connectivity index (χ4v) is 2.98.